The standard InChI is InChI=1S/C29H57N3O10S/c1-22(24(3)33)19-23(2)42-18-17-40-14-12-32-29(6,7)27(35)20-41-16-15-39-13-11-31-28(4,5)26(34)10-9-25(30-8)21-43(36,37)38/h22-23,25,30-32H,9-21H2,1-8H3,(H,36,37,38)/t22?,23-,25?/m1/s1. The molecule has 0 aromatic heterocycles. The second-order valence-corrected chi connectivity index (χ2v) is 13.4. The first-order valence-electron chi connectivity index (χ1n) is 15.0. The molecule has 0 amide bonds. The fourth-order valence-corrected chi connectivity index (χ4v) is 4.80. The van der Waals surface area contributed by atoms with Gasteiger partial charge in [-0.2, -0.15) is 8.42 Å². The van der Waals surface area contributed by atoms with Crippen molar-refractivity contribution in [1.29, 1.82) is 0 Å². The van der Waals surface area contributed by atoms with Gasteiger partial charge in [-0.1, -0.05) is 6.92 Å². The van der Waals surface area contributed by atoms with Crippen molar-refractivity contribution in [2.75, 3.05) is 72.1 Å². The zero-order valence-corrected chi connectivity index (χ0v) is 28.3. The first kappa shape index (κ1) is 41.6. The van der Waals surface area contributed by atoms with Crippen LogP contribution in [0.4, 0.5) is 0 Å². The minimum atomic E-state index is -4.13. The summed E-state index contributed by atoms with van der Waals surface area (Å²) in [6, 6.07) is -0.514. The van der Waals surface area contributed by atoms with Crippen LogP contribution in [-0.4, -0.2) is 126 Å². The number of ether oxygens (including phenoxy) is 4. The number of nitrogens with one attached hydrogen (secondary N) is 3. The van der Waals surface area contributed by atoms with Crippen LogP contribution in [0.1, 0.15) is 67.7 Å². The number of hydrogen-bond donors (Lipinski definition) is 4. The highest BCUT2D eigenvalue weighted by atomic mass is 32.2. The zero-order valence-electron chi connectivity index (χ0n) is 27.5. The van der Waals surface area contributed by atoms with Gasteiger partial charge in [0.25, 0.3) is 10.1 Å². The zero-order chi connectivity index (χ0) is 33.1. The average Bonchev–Trinajstić information content (AvgIpc) is 2.90. The van der Waals surface area contributed by atoms with Gasteiger partial charge in [-0.25, -0.2) is 0 Å². The van der Waals surface area contributed by atoms with Crippen molar-refractivity contribution < 1.29 is 46.3 Å². The summed E-state index contributed by atoms with van der Waals surface area (Å²) in [7, 11) is -2.54. The van der Waals surface area contributed by atoms with Crippen LogP contribution in [0.25, 0.3) is 0 Å². The molecule has 0 rings (SSSR count). The molecule has 0 aliphatic carbocycles. The summed E-state index contributed by atoms with van der Waals surface area (Å²) in [4.78, 5) is 36.4. The highest BCUT2D eigenvalue weighted by Gasteiger charge is 2.28. The summed E-state index contributed by atoms with van der Waals surface area (Å²) >= 11 is 0. The Morgan fingerprint density at radius 1 is 0.814 bits per heavy atom. The molecule has 0 saturated heterocycles. The third-order valence-electron chi connectivity index (χ3n) is 7.18. The van der Waals surface area contributed by atoms with Crippen LogP contribution in [0, 0.1) is 5.92 Å². The minimum absolute atomic E-state index is 0.0134. The second kappa shape index (κ2) is 21.4. The lowest BCUT2D eigenvalue weighted by Crippen LogP contribution is -2.49. The maximum atomic E-state index is 12.6. The predicted octanol–water partition coefficient (Wildman–Crippen LogP) is 1.19. The molecule has 0 bridgehead atoms. The molecule has 14 heteroatoms. The van der Waals surface area contributed by atoms with E-state index in [1.165, 1.54) is 0 Å². The van der Waals surface area contributed by atoms with E-state index in [-0.39, 0.29) is 55.4 Å². The topological polar surface area (TPSA) is 179 Å². The normalized spacial score (nSPS) is 14.8. The number of ketones is 3. The van der Waals surface area contributed by atoms with E-state index in [9.17, 15) is 22.8 Å². The highest BCUT2D eigenvalue weighted by Crippen LogP contribution is 2.12. The molecule has 0 heterocycles. The van der Waals surface area contributed by atoms with E-state index in [1.807, 2.05) is 13.8 Å². The van der Waals surface area contributed by atoms with Crippen molar-refractivity contribution in [2.45, 2.75) is 91.0 Å². The van der Waals surface area contributed by atoms with Gasteiger partial charge in [-0.3, -0.25) is 18.9 Å². The number of Topliss-reactive ketones (excluding diaryl/α,β-unsaturated/α-hetero) is 3. The third-order valence-corrected chi connectivity index (χ3v) is 8.00. The summed E-state index contributed by atoms with van der Waals surface area (Å²) in [5.41, 5.74) is -1.60. The lowest BCUT2D eigenvalue weighted by Gasteiger charge is -2.26. The van der Waals surface area contributed by atoms with E-state index in [0.29, 0.717) is 52.5 Å². The highest BCUT2D eigenvalue weighted by molar-refractivity contribution is 7.85. The van der Waals surface area contributed by atoms with Crippen molar-refractivity contribution >= 4 is 27.5 Å². The van der Waals surface area contributed by atoms with Gasteiger partial charge in [0.15, 0.2) is 11.6 Å². The molecule has 254 valence electrons. The first-order valence-corrected chi connectivity index (χ1v) is 16.6. The molecule has 0 aromatic rings. The summed E-state index contributed by atoms with van der Waals surface area (Å²) < 4.78 is 53.4. The Morgan fingerprint density at radius 2 is 1.33 bits per heavy atom. The van der Waals surface area contributed by atoms with Crippen LogP contribution in [-0.2, 0) is 43.4 Å². The molecule has 0 fully saturated rings. The summed E-state index contributed by atoms with van der Waals surface area (Å²) in [5.74, 6) is -0.482. The molecule has 0 saturated carbocycles. The second-order valence-electron chi connectivity index (χ2n) is 11.9. The van der Waals surface area contributed by atoms with Gasteiger partial charge in [0.1, 0.15) is 12.4 Å². The number of rotatable bonds is 28. The first-order chi connectivity index (χ1) is 19.9. The van der Waals surface area contributed by atoms with Crippen LogP contribution in [0.3, 0.4) is 0 Å². The Balaban J connectivity index is 3.98. The molecule has 3 atom stereocenters. The Labute approximate surface area is 258 Å². The van der Waals surface area contributed by atoms with Crippen LogP contribution >= 0.6 is 0 Å². The number of carbonyl (C=O) groups is 3. The quantitative estimate of drug-likeness (QED) is 0.0709. The third kappa shape index (κ3) is 21.1. The van der Waals surface area contributed by atoms with Gasteiger partial charge in [0.05, 0.1) is 62.6 Å². The summed E-state index contributed by atoms with van der Waals surface area (Å²) in [5, 5.41) is 9.11. The Morgan fingerprint density at radius 3 is 1.84 bits per heavy atom. The van der Waals surface area contributed by atoms with Crippen molar-refractivity contribution in [3.63, 3.8) is 0 Å². The lowest BCUT2D eigenvalue weighted by atomic mass is 9.94. The van der Waals surface area contributed by atoms with Crippen LogP contribution in [0.15, 0.2) is 0 Å². The van der Waals surface area contributed by atoms with Crippen LogP contribution < -0.4 is 16.0 Å². The molecule has 0 spiro atoms. The lowest BCUT2D eigenvalue weighted by molar-refractivity contribution is -0.129. The average molecular weight is 640 g/mol. The Bertz CT molecular complexity index is 927. The maximum Gasteiger partial charge on any atom is 0.266 e. The van der Waals surface area contributed by atoms with Gasteiger partial charge in [0, 0.05) is 31.5 Å². The summed E-state index contributed by atoms with van der Waals surface area (Å²) in [6.45, 7) is 15.5. The van der Waals surface area contributed by atoms with Crippen molar-refractivity contribution in [3.05, 3.63) is 0 Å². The minimum Gasteiger partial charge on any atom is -0.378 e. The van der Waals surface area contributed by atoms with Crippen LogP contribution in [0.5, 0.6) is 0 Å². The fourth-order valence-electron chi connectivity index (χ4n) is 3.96. The van der Waals surface area contributed by atoms with Gasteiger partial charge in [-0.05, 0) is 61.4 Å². The van der Waals surface area contributed by atoms with Crippen molar-refractivity contribution in [3.8, 4) is 0 Å². The van der Waals surface area contributed by atoms with Gasteiger partial charge in [0.2, 0.25) is 0 Å². The molecular weight excluding hydrogens is 582 g/mol. The molecule has 0 aromatic carbocycles. The number of hydrogen-bond acceptors (Lipinski definition) is 12. The predicted molar refractivity (Wildman–Crippen MR) is 165 cm³/mol. The van der Waals surface area contributed by atoms with E-state index in [2.05, 4.69) is 16.0 Å². The molecule has 0 radical (unpaired) electrons. The monoisotopic (exact) mass is 639 g/mol. The van der Waals surface area contributed by atoms with E-state index in [1.54, 1.807) is 41.7 Å². The Kier molecular flexibility index (Phi) is 20.7. The van der Waals surface area contributed by atoms with Crippen molar-refractivity contribution in [2.24, 2.45) is 5.92 Å². The van der Waals surface area contributed by atoms with Gasteiger partial charge >= 0.3 is 0 Å². The van der Waals surface area contributed by atoms with Crippen LogP contribution in [0.2, 0.25) is 0 Å². The van der Waals surface area contributed by atoms with E-state index in [0.717, 1.165) is 0 Å². The number of carbonyl (C=O) groups excluding carboxylic acids is 3. The SMILES string of the molecule is CNC(CCC(=O)C(C)(C)NCCOCCOCC(=O)C(C)(C)NCCOCCO[C@H](C)CC(C)C(C)=O)CS(=O)(=O)O. The largest absolute Gasteiger partial charge is 0.378 e. The maximum absolute atomic E-state index is 12.6. The van der Waals surface area contributed by atoms with Crippen molar-refractivity contribution in [1.82, 2.24) is 16.0 Å². The molecule has 13 nitrogen and oxygen atoms in total. The molecule has 0 aliphatic heterocycles. The van der Waals surface area contributed by atoms with E-state index >= 15 is 0 Å². The Hall–Kier alpha value is -1.36. The molecule has 0 aliphatic rings. The molecular formula is C29H57N3O10S. The smallest absolute Gasteiger partial charge is 0.266 e. The fraction of sp³-hybridized carbons (Fsp3) is 0.897. The van der Waals surface area contributed by atoms with E-state index < -0.39 is 33.0 Å². The summed E-state index contributed by atoms with van der Waals surface area (Å²) in [6.07, 6.45) is 1.11. The molecule has 43 heavy (non-hydrogen) atoms. The van der Waals surface area contributed by atoms with E-state index in [4.69, 9.17) is 23.5 Å². The van der Waals surface area contributed by atoms with Gasteiger partial charge in [-0.15, -0.1) is 0 Å². The molecule has 2 unspecified atom stereocenters. The molecule has 4 N–H and O–H groups in total. The van der Waals surface area contributed by atoms with Gasteiger partial charge < -0.3 is 34.9 Å².